The molecule has 3 rings (SSSR count). The topological polar surface area (TPSA) is 651 Å². The SMILES string of the molecule is CC[C@H](C)[C@H](NC(=O)[C@H](CCCN=C(N)N)NC(=O)[C@H](CC(=O)O)NC(=O)[C@H](CC(C)C)NC(=O)CN)C(=O)N[C@@H](CCCCN)C(=O)N[C@@H](CCC(=O)O)C(=O)N[C@@H](CC(C)C)C(=O)N1CCC[C@H]1C(=O)N[C@@H](CCC(=O)O)C(=O)N[C@@H](CC(C)C)C(=O)N[C@@H](Cc1c[nH]c2ccccc12)C(=O)N[C@@H](CC(C)C)C(=O)NCC(=O)O. The molecule has 648 valence electrons. The summed E-state index contributed by atoms with van der Waals surface area (Å²) in [7, 11) is 0. The lowest BCUT2D eigenvalue weighted by molar-refractivity contribution is -0.143. The lowest BCUT2D eigenvalue weighted by Crippen LogP contribution is -2.61. The summed E-state index contributed by atoms with van der Waals surface area (Å²) >= 11 is 0. The van der Waals surface area contributed by atoms with Crippen LogP contribution in [-0.2, 0) is 87.9 Å². The molecular weight excluding hydrogens is 1510 g/mol. The highest BCUT2D eigenvalue weighted by Gasteiger charge is 2.42. The molecule has 40 nitrogen and oxygen atoms in total. The number of carboxylic acids is 4. The number of likely N-dealkylation sites (tertiary alicyclic amines) is 1. The second-order valence-electron chi connectivity index (χ2n) is 30.8. The zero-order valence-corrected chi connectivity index (χ0v) is 67.9. The van der Waals surface area contributed by atoms with E-state index in [2.05, 4.69) is 73.8 Å². The van der Waals surface area contributed by atoms with Crippen molar-refractivity contribution in [2.45, 2.75) is 257 Å². The average Bonchev–Trinajstić information content (AvgIpc) is 1.62. The number of carbonyl (C=O) groups excluding carboxylic acids is 13. The van der Waals surface area contributed by atoms with Gasteiger partial charge in [0.25, 0.3) is 0 Å². The molecule has 0 aliphatic carbocycles. The maximum atomic E-state index is 15.0. The van der Waals surface area contributed by atoms with Crippen LogP contribution in [0.1, 0.15) is 184 Å². The van der Waals surface area contributed by atoms with E-state index < -0.39 is 224 Å². The van der Waals surface area contributed by atoms with Crippen LogP contribution in [0, 0.1) is 29.6 Å². The fourth-order valence-electron chi connectivity index (χ4n) is 13.0. The van der Waals surface area contributed by atoms with Gasteiger partial charge >= 0.3 is 23.9 Å². The van der Waals surface area contributed by atoms with Crippen molar-refractivity contribution in [3.63, 3.8) is 0 Å². The van der Waals surface area contributed by atoms with E-state index in [1.807, 2.05) is 0 Å². The number of para-hydroxylation sites is 1. The van der Waals surface area contributed by atoms with Crippen LogP contribution in [0.3, 0.4) is 0 Å². The lowest BCUT2D eigenvalue weighted by atomic mass is 9.96. The predicted molar refractivity (Wildman–Crippen MR) is 424 cm³/mol. The third-order valence-electron chi connectivity index (χ3n) is 19.1. The maximum Gasteiger partial charge on any atom is 0.322 e. The van der Waals surface area contributed by atoms with Gasteiger partial charge in [-0.25, -0.2) is 0 Å². The molecule has 0 spiro atoms. The van der Waals surface area contributed by atoms with Crippen molar-refractivity contribution in [2.75, 3.05) is 32.7 Å². The number of guanidine groups is 1. The smallest absolute Gasteiger partial charge is 0.322 e. The van der Waals surface area contributed by atoms with E-state index in [4.69, 9.17) is 22.9 Å². The van der Waals surface area contributed by atoms with Crippen LogP contribution in [0.2, 0.25) is 0 Å². The van der Waals surface area contributed by atoms with Crippen molar-refractivity contribution in [1.29, 1.82) is 0 Å². The Labute approximate surface area is 674 Å². The average molecular weight is 1640 g/mol. The Hall–Kier alpha value is -11.1. The molecule has 116 heavy (non-hydrogen) atoms. The second kappa shape index (κ2) is 50.3. The van der Waals surface area contributed by atoms with Crippen molar-refractivity contribution in [2.24, 2.45) is 57.5 Å². The lowest BCUT2D eigenvalue weighted by Gasteiger charge is -2.32. The number of aromatic nitrogens is 1. The number of benzene rings is 1. The van der Waals surface area contributed by atoms with E-state index in [1.165, 1.54) is 0 Å². The van der Waals surface area contributed by atoms with Crippen molar-refractivity contribution < 1.29 is 102 Å². The van der Waals surface area contributed by atoms with Crippen LogP contribution in [0.25, 0.3) is 10.9 Å². The first-order valence-electron chi connectivity index (χ1n) is 39.4. The number of unbranched alkanes of at least 4 members (excludes halogenated alkanes) is 1. The summed E-state index contributed by atoms with van der Waals surface area (Å²) in [5.74, 6) is -19.8. The van der Waals surface area contributed by atoms with Gasteiger partial charge in [0.05, 0.1) is 13.0 Å². The number of hydrogen-bond donors (Lipinski definition) is 21. The number of aliphatic imine (C=N–C) groups is 1. The summed E-state index contributed by atoms with van der Waals surface area (Å²) in [6.07, 6.45) is -1.52. The minimum absolute atomic E-state index is 0.00596. The molecule has 0 radical (unpaired) electrons. The van der Waals surface area contributed by atoms with Crippen molar-refractivity contribution in [3.8, 4) is 0 Å². The zero-order valence-electron chi connectivity index (χ0n) is 67.9. The van der Waals surface area contributed by atoms with E-state index in [9.17, 15) is 102 Å². The number of carboxylic acid groups (broad SMARTS) is 4. The highest BCUT2D eigenvalue weighted by Crippen LogP contribution is 2.24. The maximum absolute atomic E-state index is 15.0. The molecule has 13 atom stereocenters. The van der Waals surface area contributed by atoms with Gasteiger partial charge < -0.3 is 117 Å². The number of fused-ring (bicyclic) bond motifs is 1. The Kier molecular flexibility index (Phi) is 43.0. The Balaban J connectivity index is 1.99. The molecule has 1 fully saturated rings. The van der Waals surface area contributed by atoms with Crippen LogP contribution in [0.5, 0.6) is 0 Å². The van der Waals surface area contributed by atoms with Gasteiger partial charge in [-0.05, 0) is 131 Å². The Morgan fingerprint density at radius 3 is 1.44 bits per heavy atom. The Morgan fingerprint density at radius 2 is 0.931 bits per heavy atom. The Bertz CT molecular complexity index is 3730. The van der Waals surface area contributed by atoms with Gasteiger partial charge in [0.1, 0.15) is 79.0 Å². The summed E-state index contributed by atoms with van der Waals surface area (Å²) in [5.41, 5.74) is 23.6. The highest BCUT2D eigenvalue weighted by molar-refractivity contribution is 6.01. The summed E-state index contributed by atoms with van der Waals surface area (Å²) in [6.45, 7) is 16.0. The van der Waals surface area contributed by atoms with Crippen LogP contribution in [0.4, 0.5) is 0 Å². The number of amides is 13. The molecule has 1 aliphatic heterocycles. The van der Waals surface area contributed by atoms with E-state index in [0.717, 1.165) is 4.90 Å². The first-order chi connectivity index (χ1) is 54.6. The van der Waals surface area contributed by atoms with E-state index >= 15 is 0 Å². The van der Waals surface area contributed by atoms with Crippen molar-refractivity contribution in [1.82, 2.24) is 73.7 Å². The summed E-state index contributed by atoms with van der Waals surface area (Å²) in [5, 5.41) is 70.2. The number of H-pyrrole nitrogens is 1. The summed E-state index contributed by atoms with van der Waals surface area (Å²) in [4.78, 5) is 241. The number of aromatic amines is 1. The number of carbonyl (C=O) groups is 17. The molecule has 1 saturated heterocycles. The predicted octanol–water partition coefficient (Wildman–Crippen LogP) is -2.19. The number of nitrogens with one attached hydrogen (secondary N) is 13. The van der Waals surface area contributed by atoms with Crippen molar-refractivity contribution in [3.05, 3.63) is 36.0 Å². The monoisotopic (exact) mass is 1640 g/mol. The third-order valence-corrected chi connectivity index (χ3v) is 19.1. The van der Waals surface area contributed by atoms with Crippen molar-refractivity contribution >= 4 is 118 Å². The molecule has 1 aliphatic rings. The zero-order chi connectivity index (χ0) is 87.2. The second-order valence-corrected chi connectivity index (χ2v) is 30.8. The first-order valence-corrected chi connectivity index (χ1v) is 39.4. The van der Waals surface area contributed by atoms with Crippen LogP contribution in [0.15, 0.2) is 35.5 Å². The summed E-state index contributed by atoms with van der Waals surface area (Å²) in [6, 6.07) is -10.9. The molecule has 0 bridgehead atoms. The van der Waals surface area contributed by atoms with Crippen LogP contribution >= 0.6 is 0 Å². The van der Waals surface area contributed by atoms with Crippen LogP contribution < -0.4 is 86.7 Å². The number of rotatable bonds is 54. The standard InChI is InChI=1S/C76H123N19O21/c1-11-43(10)63(94-68(109)48(21-16-28-81-76(79)80)85-72(113)55(35-61(101)102)92-69(110)52(31-40(4)5)84-58(96)36-78)74(115)88-47(20-14-15-27-77)65(106)86-49(23-25-59(97)98)67(108)93-56(33-42(8)9)75(116)95-29-17-22-57(95)73(114)87-50(24-26-60(99)100)66(107)90-53(32-41(6)7)70(111)91-54(34-44-37-82-46-19-13-12-18-45(44)46)71(112)89-51(30-39(2)3)64(105)83-38-62(103)104/h12-13,18-19,37,39-43,47-57,63,82H,11,14-17,20-36,38,77-78H2,1-10H3,(H,83,105)(H,84,96)(H,85,113)(H,86,106)(H,87,114)(H,88,115)(H,89,112)(H,90,107)(H,91,111)(H,92,110)(H,93,108)(H,94,109)(H,97,98)(H,99,100)(H,101,102)(H,103,104)(H4,79,80,81)/t43-,47-,48-,49-,50-,51-,52-,53-,54-,55-,56-,57-,63-/m0/s1. The first kappa shape index (κ1) is 99.1. The molecule has 2 heterocycles. The molecule has 2 aromatic rings. The highest BCUT2D eigenvalue weighted by atomic mass is 16.4. The van der Waals surface area contributed by atoms with E-state index in [-0.39, 0.29) is 126 Å². The Morgan fingerprint density at radius 1 is 0.491 bits per heavy atom. The summed E-state index contributed by atoms with van der Waals surface area (Å²) < 4.78 is 0. The molecular formula is C76H123N19O21. The van der Waals surface area contributed by atoms with Crippen LogP contribution in [-0.4, -0.2) is 242 Å². The third kappa shape index (κ3) is 35.4. The van der Waals surface area contributed by atoms with Gasteiger partial charge in [-0.3, -0.25) is 86.5 Å². The van der Waals surface area contributed by atoms with Gasteiger partial charge in [0.2, 0.25) is 76.8 Å². The van der Waals surface area contributed by atoms with Gasteiger partial charge in [0.15, 0.2) is 5.96 Å². The fraction of sp³-hybridized carbons (Fsp3) is 0.658. The van der Waals surface area contributed by atoms with Gasteiger partial charge in [-0.1, -0.05) is 93.9 Å². The molecule has 13 amide bonds. The van der Waals surface area contributed by atoms with E-state index in [0.29, 0.717) is 22.9 Å². The number of aliphatic carboxylic acids is 4. The molecule has 0 unspecified atom stereocenters. The van der Waals surface area contributed by atoms with Gasteiger partial charge in [-0.15, -0.1) is 0 Å². The van der Waals surface area contributed by atoms with E-state index in [1.54, 1.807) is 99.7 Å². The number of hydrogen-bond acceptors (Lipinski definition) is 20. The molecule has 0 saturated carbocycles. The number of nitrogens with zero attached hydrogens (tertiary/aromatic N) is 2. The fourth-order valence-corrected chi connectivity index (χ4v) is 13.0. The largest absolute Gasteiger partial charge is 0.481 e. The van der Waals surface area contributed by atoms with Gasteiger partial charge in [-0.2, -0.15) is 0 Å². The van der Waals surface area contributed by atoms with Gasteiger partial charge in [0, 0.05) is 49.5 Å². The normalized spacial score (nSPS) is 15.7. The minimum atomic E-state index is -1.83. The molecule has 25 N–H and O–H groups in total. The minimum Gasteiger partial charge on any atom is -0.481 e. The molecule has 1 aromatic carbocycles. The molecule has 1 aromatic heterocycles. The quantitative estimate of drug-likeness (QED) is 0.0190. The number of nitrogens with two attached hydrogens (primary N) is 4. The molecule has 40 heteroatoms.